The average Bonchev–Trinajstić information content (AvgIpc) is 2.36. The summed E-state index contributed by atoms with van der Waals surface area (Å²) in [4.78, 5) is 10.0. The Balaban J connectivity index is 3.00. The summed E-state index contributed by atoms with van der Waals surface area (Å²) in [5.74, 6) is -2.98. The van der Waals surface area contributed by atoms with Crippen LogP contribution in [0.2, 0.25) is 5.02 Å². The molecule has 0 spiro atoms. The fraction of sp³-hybridized carbons (Fsp3) is 0.417. The molecule has 0 aliphatic carbocycles. The Bertz CT molecular complexity index is 633. The molecule has 1 aromatic rings. The third kappa shape index (κ3) is 4.92. The highest BCUT2D eigenvalue weighted by Gasteiger charge is 2.24. The zero-order valence-corrected chi connectivity index (χ0v) is 12.7. The third-order valence-corrected chi connectivity index (χ3v) is 4.29. The quantitative estimate of drug-likeness (QED) is 0.655. The molecule has 0 saturated carbocycles. The Morgan fingerprint density at radius 3 is 2.62 bits per heavy atom. The van der Waals surface area contributed by atoms with Gasteiger partial charge in [0.25, 0.3) is 0 Å². The second-order valence-corrected chi connectivity index (χ2v) is 6.63. The van der Waals surface area contributed by atoms with Gasteiger partial charge in [-0.1, -0.05) is 11.6 Å². The Hall–Kier alpha value is -1.22. The Morgan fingerprint density at radius 1 is 1.48 bits per heavy atom. The molecule has 0 heterocycles. The van der Waals surface area contributed by atoms with E-state index in [0.29, 0.717) is 12.8 Å². The lowest BCUT2D eigenvalue weighted by Gasteiger charge is -2.10. The lowest BCUT2D eigenvalue weighted by atomic mass is 10.2. The standard InChI is InChI=1S/C12H15ClFNO5S/c1-7(16)3-2-4-15-21(19,20)10-6-8(13)5-9(11(10)14)12(17)18/h5-7,15-16H,2-4H2,1H3,(H,17,18). The van der Waals surface area contributed by atoms with Gasteiger partial charge in [0, 0.05) is 11.6 Å². The number of benzene rings is 1. The molecular weight excluding hydrogens is 325 g/mol. The van der Waals surface area contributed by atoms with Gasteiger partial charge in [-0.3, -0.25) is 0 Å². The highest BCUT2D eigenvalue weighted by atomic mass is 35.5. The molecule has 9 heteroatoms. The average molecular weight is 340 g/mol. The van der Waals surface area contributed by atoms with Gasteiger partial charge in [-0.2, -0.15) is 0 Å². The molecule has 0 amide bonds. The summed E-state index contributed by atoms with van der Waals surface area (Å²) in [5, 5.41) is 17.7. The van der Waals surface area contributed by atoms with Crippen molar-refractivity contribution < 1.29 is 27.8 Å². The minimum absolute atomic E-state index is 0.0123. The summed E-state index contributed by atoms with van der Waals surface area (Å²) in [6.45, 7) is 1.55. The van der Waals surface area contributed by atoms with Crippen LogP contribution < -0.4 is 4.72 Å². The van der Waals surface area contributed by atoms with Crippen molar-refractivity contribution in [2.45, 2.75) is 30.8 Å². The summed E-state index contributed by atoms with van der Waals surface area (Å²) in [5.41, 5.74) is -0.813. The third-order valence-electron chi connectivity index (χ3n) is 2.61. The van der Waals surface area contributed by atoms with Crippen LogP contribution in [0.5, 0.6) is 0 Å². The number of aromatic carboxylic acids is 1. The maximum Gasteiger partial charge on any atom is 0.338 e. The second kappa shape index (κ2) is 7.17. The van der Waals surface area contributed by atoms with E-state index in [1.165, 1.54) is 0 Å². The van der Waals surface area contributed by atoms with E-state index in [2.05, 4.69) is 4.72 Å². The molecule has 1 atom stereocenters. The molecule has 6 nitrogen and oxygen atoms in total. The van der Waals surface area contributed by atoms with Crippen molar-refractivity contribution >= 4 is 27.6 Å². The maximum atomic E-state index is 13.9. The Morgan fingerprint density at radius 2 is 2.10 bits per heavy atom. The maximum absolute atomic E-state index is 13.9. The van der Waals surface area contributed by atoms with Gasteiger partial charge in [0.05, 0.1) is 11.7 Å². The number of rotatable bonds is 7. The normalized spacial score (nSPS) is 13.1. The van der Waals surface area contributed by atoms with Gasteiger partial charge in [0.15, 0.2) is 5.82 Å². The summed E-state index contributed by atoms with van der Waals surface area (Å²) in [6.07, 6.45) is 0.155. The number of aliphatic hydroxyl groups is 1. The van der Waals surface area contributed by atoms with Gasteiger partial charge in [-0.25, -0.2) is 22.3 Å². The SMILES string of the molecule is CC(O)CCCNS(=O)(=O)c1cc(Cl)cc(C(=O)O)c1F. The predicted octanol–water partition coefficient (Wildman–Crippen LogP) is 1.62. The molecule has 0 aliphatic heterocycles. The van der Waals surface area contributed by atoms with Crippen LogP contribution in [0.1, 0.15) is 30.1 Å². The number of carbonyl (C=O) groups is 1. The Kier molecular flexibility index (Phi) is 6.09. The van der Waals surface area contributed by atoms with E-state index < -0.39 is 38.4 Å². The first-order valence-electron chi connectivity index (χ1n) is 6.05. The summed E-state index contributed by atoms with van der Waals surface area (Å²) >= 11 is 5.62. The number of sulfonamides is 1. The zero-order chi connectivity index (χ0) is 16.2. The predicted molar refractivity (Wildman–Crippen MR) is 74.5 cm³/mol. The molecule has 0 saturated heterocycles. The molecule has 0 bridgehead atoms. The van der Waals surface area contributed by atoms with Gasteiger partial charge in [0.2, 0.25) is 10.0 Å². The van der Waals surface area contributed by atoms with Crippen LogP contribution in [0.25, 0.3) is 0 Å². The van der Waals surface area contributed by atoms with Crippen molar-refractivity contribution in [3.63, 3.8) is 0 Å². The highest BCUT2D eigenvalue weighted by Crippen LogP contribution is 2.23. The molecule has 0 aromatic heterocycles. The molecule has 0 radical (unpaired) electrons. The number of carboxylic acid groups (broad SMARTS) is 1. The Labute approximate surface area is 126 Å². The first-order chi connectivity index (χ1) is 9.65. The number of carboxylic acids is 1. The van der Waals surface area contributed by atoms with Crippen molar-refractivity contribution in [3.05, 3.63) is 28.5 Å². The van der Waals surface area contributed by atoms with Crippen molar-refractivity contribution in [1.29, 1.82) is 0 Å². The van der Waals surface area contributed by atoms with Crippen LogP contribution in [0.4, 0.5) is 4.39 Å². The van der Waals surface area contributed by atoms with Gasteiger partial charge in [0.1, 0.15) is 4.90 Å². The van der Waals surface area contributed by atoms with Crippen molar-refractivity contribution in [2.24, 2.45) is 0 Å². The molecule has 1 rings (SSSR count). The number of nitrogens with one attached hydrogen (secondary N) is 1. The van der Waals surface area contributed by atoms with E-state index in [1.807, 2.05) is 0 Å². The van der Waals surface area contributed by atoms with E-state index in [-0.39, 0.29) is 11.6 Å². The van der Waals surface area contributed by atoms with Crippen molar-refractivity contribution in [3.8, 4) is 0 Å². The van der Waals surface area contributed by atoms with Crippen LogP contribution in [0.15, 0.2) is 17.0 Å². The van der Waals surface area contributed by atoms with E-state index in [0.717, 1.165) is 12.1 Å². The summed E-state index contributed by atoms with van der Waals surface area (Å²) in [7, 11) is -4.22. The molecule has 1 unspecified atom stereocenters. The van der Waals surface area contributed by atoms with Crippen molar-refractivity contribution in [2.75, 3.05) is 6.54 Å². The van der Waals surface area contributed by atoms with E-state index >= 15 is 0 Å². The van der Waals surface area contributed by atoms with E-state index in [1.54, 1.807) is 6.92 Å². The number of hydrogen-bond acceptors (Lipinski definition) is 4. The smallest absolute Gasteiger partial charge is 0.338 e. The van der Waals surface area contributed by atoms with E-state index in [4.69, 9.17) is 21.8 Å². The number of hydrogen-bond donors (Lipinski definition) is 3. The first kappa shape index (κ1) is 17.8. The zero-order valence-electron chi connectivity index (χ0n) is 11.1. The molecule has 118 valence electrons. The van der Waals surface area contributed by atoms with Crippen LogP contribution in [0.3, 0.4) is 0 Å². The van der Waals surface area contributed by atoms with Gasteiger partial charge < -0.3 is 10.2 Å². The molecule has 3 N–H and O–H groups in total. The molecule has 0 aliphatic rings. The first-order valence-corrected chi connectivity index (χ1v) is 7.91. The summed E-state index contributed by atoms with van der Waals surface area (Å²) in [6, 6.07) is 1.69. The number of aliphatic hydroxyl groups excluding tert-OH is 1. The van der Waals surface area contributed by atoms with Gasteiger partial charge >= 0.3 is 5.97 Å². The molecular formula is C12H15ClFNO5S. The lowest BCUT2D eigenvalue weighted by molar-refractivity contribution is 0.0691. The van der Waals surface area contributed by atoms with E-state index in [9.17, 15) is 17.6 Å². The minimum Gasteiger partial charge on any atom is -0.478 e. The number of halogens is 2. The molecule has 21 heavy (non-hydrogen) atoms. The lowest BCUT2D eigenvalue weighted by Crippen LogP contribution is -2.27. The topological polar surface area (TPSA) is 104 Å². The fourth-order valence-corrected chi connectivity index (χ4v) is 3.08. The van der Waals surface area contributed by atoms with Crippen molar-refractivity contribution in [1.82, 2.24) is 4.72 Å². The molecule has 0 fully saturated rings. The van der Waals surface area contributed by atoms with Gasteiger partial charge in [-0.15, -0.1) is 0 Å². The minimum atomic E-state index is -4.22. The van der Waals surface area contributed by atoms with Crippen LogP contribution in [-0.2, 0) is 10.0 Å². The second-order valence-electron chi connectivity index (χ2n) is 4.46. The summed E-state index contributed by atoms with van der Waals surface area (Å²) < 4.78 is 40.0. The van der Waals surface area contributed by atoms with Gasteiger partial charge in [-0.05, 0) is 31.9 Å². The fourth-order valence-electron chi connectivity index (χ4n) is 1.60. The highest BCUT2D eigenvalue weighted by molar-refractivity contribution is 7.89. The van der Waals surface area contributed by atoms with Crippen LogP contribution in [-0.4, -0.2) is 37.2 Å². The van der Waals surface area contributed by atoms with Crippen LogP contribution in [0, 0.1) is 5.82 Å². The molecule has 1 aromatic carbocycles. The monoisotopic (exact) mass is 339 g/mol. The van der Waals surface area contributed by atoms with Crippen LogP contribution >= 0.6 is 11.6 Å². The largest absolute Gasteiger partial charge is 0.478 e.